The zero-order valence-corrected chi connectivity index (χ0v) is 13.8. The second kappa shape index (κ2) is 7.13. The van der Waals surface area contributed by atoms with E-state index in [0.717, 1.165) is 12.1 Å². The van der Waals surface area contributed by atoms with E-state index in [1.807, 2.05) is 0 Å². The molecule has 2 aromatic carbocycles. The molecule has 4 nitrogen and oxygen atoms in total. The van der Waals surface area contributed by atoms with E-state index in [0.29, 0.717) is 22.0 Å². The van der Waals surface area contributed by atoms with Crippen molar-refractivity contribution in [3.63, 3.8) is 0 Å². The Labute approximate surface area is 151 Å². The Morgan fingerprint density at radius 3 is 2.23 bits per heavy atom. The smallest absolute Gasteiger partial charge is 0.321 e. The monoisotopic (exact) mass is 377 g/mol. The summed E-state index contributed by atoms with van der Waals surface area (Å²) in [6.45, 7) is 0. The van der Waals surface area contributed by atoms with Crippen LogP contribution in [0, 0.1) is 0 Å². The lowest BCUT2D eigenvalue weighted by Crippen LogP contribution is -2.14. The highest BCUT2D eigenvalue weighted by atomic mass is 35.5. The number of nitrogens with one attached hydrogen (secondary N) is 1. The molecule has 0 aliphatic carbocycles. The number of amides is 1. The van der Waals surface area contributed by atoms with Crippen molar-refractivity contribution in [1.29, 1.82) is 0 Å². The van der Waals surface area contributed by atoms with Crippen molar-refractivity contribution >= 4 is 23.2 Å². The molecule has 0 aliphatic heterocycles. The van der Waals surface area contributed by atoms with Gasteiger partial charge in [0.25, 0.3) is 5.91 Å². The molecule has 132 valence electrons. The topological polar surface area (TPSA) is 54.9 Å². The first-order chi connectivity index (χ1) is 12.3. The number of halogens is 4. The molecule has 0 atom stereocenters. The van der Waals surface area contributed by atoms with Gasteiger partial charge in [0.05, 0.1) is 23.7 Å². The second-order valence-electron chi connectivity index (χ2n) is 5.33. The molecule has 0 spiro atoms. The summed E-state index contributed by atoms with van der Waals surface area (Å²) in [7, 11) is 0. The molecular weight excluding hydrogens is 367 g/mol. The Morgan fingerprint density at radius 2 is 1.62 bits per heavy atom. The summed E-state index contributed by atoms with van der Waals surface area (Å²) in [5.41, 5.74) is 0.526. The van der Waals surface area contributed by atoms with Crippen LogP contribution in [0.3, 0.4) is 0 Å². The van der Waals surface area contributed by atoms with Gasteiger partial charge in [-0.25, -0.2) is 4.98 Å². The largest absolute Gasteiger partial charge is 0.416 e. The predicted molar refractivity (Wildman–Crippen MR) is 91.9 cm³/mol. The van der Waals surface area contributed by atoms with Crippen molar-refractivity contribution in [2.24, 2.45) is 0 Å². The molecule has 0 bridgehead atoms. The molecule has 0 saturated carbocycles. The van der Waals surface area contributed by atoms with E-state index in [-0.39, 0.29) is 5.69 Å². The van der Waals surface area contributed by atoms with Crippen molar-refractivity contribution in [2.45, 2.75) is 6.18 Å². The molecule has 0 fully saturated rings. The van der Waals surface area contributed by atoms with E-state index in [4.69, 9.17) is 11.6 Å². The third-order valence-corrected chi connectivity index (χ3v) is 3.73. The Bertz CT molecular complexity index is 926. The highest BCUT2D eigenvalue weighted by molar-refractivity contribution is 6.30. The van der Waals surface area contributed by atoms with Crippen LogP contribution in [0.5, 0.6) is 0 Å². The standard InChI is InChI=1S/C18H11ClF3N3O/c19-13-5-7-14(8-6-13)24-17(26)16-10-23-9-15(25-16)11-1-3-12(4-2-11)18(20,21)22/h1-10H,(H,24,26). The molecule has 1 aromatic heterocycles. The van der Waals surface area contributed by atoms with Crippen LogP contribution in [0.15, 0.2) is 60.9 Å². The van der Waals surface area contributed by atoms with Gasteiger partial charge in [-0.15, -0.1) is 0 Å². The molecule has 0 aliphatic rings. The van der Waals surface area contributed by atoms with Gasteiger partial charge in [0.2, 0.25) is 0 Å². The van der Waals surface area contributed by atoms with Crippen molar-refractivity contribution in [3.8, 4) is 11.3 Å². The molecule has 8 heteroatoms. The minimum Gasteiger partial charge on any atom is -0.321 e. The average Bonchev–Trinajstić information content (AvgIpc) is 2.63. The number of carbonyl (C=O) groups is 1. The number of rotatable bonds is 3. The van der Waals surface area contributed by atoms with E-state index in [9.17, 15) is 18.0 Å². The predicted octanol–water partition coefficient (Wildman–Crippen LogP) is 5.07. The molecule has 26 heavy (non-hydrogen) atoms. The van der Waals surface area contributed by atoms with Gasteiger partial charge in [-0.3, -0.25) is 9.78 Å². The lowest BCUT2D eigenvalue weighted by atomic mass is 10.1. The van der Waals surface area contributed by atoms with Crippen LogP contribution in [0.2, 0.25) is 5.02 Å². The van der Waals surface area contributed by atoms with Gasteiger partial charge < -0.3 is 5.32 Å². The summed E-state index contributed by atoms with van der Waals surface area (Å²) >= 11 is 5.79. The summed E-state index contributed by atoms with van der Waals surface area (Å²) in [5, 5.41) is 3.18. The number of aromatic nitrogens is 2. The zero-order valence-electron chi connectivity index (χ0n) is 13.1. The van der Waals surface area contributed by atoms with Crippen LogP contribution < -0.4 is 5.32 Å². The molecule has 3 rings (SSSR count). The second-order valence-corrected chi connectivity index (χ2v) is 5.76. The minimum absolute atomic E-state index is 0.0392. The fourth-order valence-corrected chi connectivity index (χ4v) is 2.30. The first kappa shape index (κ1) is 17.9. The SMILES string of the molecule is O=C(Nc1ccc(Cl)cc1)c1cncc(-c2ccc(C(F)(F)F)cc2)n1. The third-order valence-electron chi connectivity index (χ3n) is 3.48. The van der Waals surface area contributed by atoms with E-state index >= 15 is 0 Å². The third kappa shape index (κ3) is 4.18. The minimum atomic E-state index is -4.41. The van der Waals surface area contributed by atoms with Gasteiger partial charge in [0, 0.05) is 16.3 Å². The lowest BCUT2D eigenvalue weighted by molar-refractivity contribution is -0.137. The fraction of sp³-hybridized carbons (Fsp3) is 0.0556. The van der Waals surface area contributed by atoms with Crippen molar-refractivity contribution < 1.29 is 18.0 Å². The quantitative estimate of drug-likeness (QED) is 0.693. The molecule has 0 radical (unpaired) electrons. The van der Waals surface area contributed by atoms with Crippen LogP contribution in [-0.2, 0) is 6.18 Å². The molecule has 1 heterocycles. The van der Waals surface area contributed by atoms with Crippen molar-refractivity contribution in [1.82, 2.24) is 9.97 Å². The number of benzene rings is 2. The number of hydrogen-bond acceptors (Lipinski definition) is 3. The molecule has 3 aromatic rings. The zero-order chi connectivity index (χ0) is 18.7. The van der Waals surface area contributed by atoms with E-state index < -0.39 is 17.6 Å². The van der Waals surface area contributed by atoms with Crippen LogP contribution in [0.25, 0.3) is 11.3 Å². The summed E-state index contributed by atoms with van der Waals surface area (Å²) < 4.78 is 37.9. The Kier molecular flexibility index (Phi) is 4.90. The van der Waals surface area contributed by atoms with E-state index in [1.54, 1.807) is 24.3 Å². The normalized spacial score (nSPS) is 11.2. The van der Waals surface area contributed by atoms with Crippen LogP contribution >= 0.6 is 11.6 Å². The number of hydrogen-bond donors (Lipinski definition) is 1. The molecule has 1 amide bonds. The first-order valence-electron chi connectivity index (χ1n) is 7.39. The van der Waals surface area contributed by atoms with Crippen molar-refractivity contribution in [3.05, 3.63) is 77.2 Å². The van der Waals surface area contributed by atoms with Crippen LogP contribution in [-0.4, -0.2) is 15.9 Å². The van der Waals surface area contributed by atoms with Gasteiger partial charge >= 0.3 is 6.18 Å². The lowest BCUT2D eigenvalue weighted by Gasteiger charge is -2.08. The Morgan fingerprint density at radius 1 is 0.962 bits per heavy atom. The van der Waals surface area contributed by atoms with Gasteiger partial charge in [0.1, 0.15) is 5.69 Å². The van der Waals surface area contributed by atoms with Gasteiger partial charge in [-0.1, -0.05) is 23.7 Å². The maximum Gasteiger partial charge on any atom is 0.416 e. The summed E-state index contributed by atoms with van der Waals surface area (Å²) in [6.07, 6.45) is -1.76. The van der Waals surface area contributed by atoms with Crippen molar-refractivity contribution in [2.75, 3.05) is 5.32 Å². The molecule has 0 unspecified atom stereocenters. The maximum atomic E-state index is 12.6. The van der Waals surface area contributed by atoms with Gasteiger partial charge in [-0.05, 0) is 36.4 Å². The Balaban J connectivity index is 1.81. The van der Waals surface area contributed by atoms with Crippen LogP contribution in [0.1, 0.15) is 16.1 Å². The molecule has 1 N–H and O–H groups in total. The average molecular weight is 378 g/mol. The number of anilines is 1. The maximum absolute atomic E-state index is 12.6. The molecular formula is C18H11ClF3N3O. The van der Waals surface area contributed by atoms with E-state index in [1.165, 1.54) is 24.5 Å². The van der Waals surface area contributed by atoms with Gasteiger partial charge in [0.15, 0.2) is 0 Å². The fourth-order valence-electron chi connectivity index (χ4n) is 2.17. The number of nitrogens with zero attached hydrogens (tertiary/aromatic N) is 2. The summed E-state index contributed by atoms with van der Waals surface area (Å²) in [5.74, 6) is -0.492. The highest BCUT2D eigenvalue weighted by Gasteiger charge is 2.30. The molecule has 0 saturated heterocycles. The number of alkyl halides is 3. The highest BCUT2D eigenvalue weighted by Crippen LogP contribution is 2.30. The summed E-state index contributed by atoms with van der Waals surface area (Å²) in [4.78, 5) is 20.4. The first-order valence-corrected chi connectivity index (χ1v) is 7.77. The van der Waals surface area contributed by atoms with E-state index in [2.05, 4.69) is 15.3 Å². The summed E-state index contributed by atoms with van der Waals surface area (Å²) in [6, 6.07) is 11.0. The number of carbonyl (C=O) groups excluding carboxylic acids is 1. The van der Waals surface area contributed by atoms with Crippen LogP contribution in [0.4, 0.5) is 18.9 Å². The van der Waals surface area contributed by atoms with Gasteiger partial charge in [-0.2, -0.15) is 13.2 Å². The Hall–Kier alpha value is -2.93.